The van der Waals surface area contributed by atoms with Crippen LogP contribution in [0.3, 0.4) is 0 Å². The molecule has 0 aromatic rings. The molecule has 4 atom stereocenters. The van der Waals surface area contributed by atoms with Crippen molar-refractivity contribution in [1.29, 1.82) is 0 Å². The van der Waals surface area contributed by atoms with Crippen molar-refractivity contribution in [1.82, 2.24) is 15.5 Å². The van der Waals surface area contributed by atoms with Crippen LogP contribution in [0.1, 0.15) is 0 Å². The summed E-state index contributed by atoms with van der Waals surface area (Å²) in [7, 11) is 0. The van der Waals surface area contributed by atoms with E-state index in [0.717, 1.165) is 58.4 Å². The summed E-state index contributed by atoms with van der Waals surface area (Å²) in [4.78, 5) is 2.64. The monoisotopic (exact) mass is 390 g/mol. The lowest BCUT2D eigenvalue weighted by atomic mass is 9.88. The van der Waals surface area contributed by atoms with Gasteiger partial charge in [-0.2, -0.15) is 35.3 Å². The minimum atomic E-state index is -0.0987. The molecule has 4 aliphatic rings. The van der Waals surface area contributed by atoms with Gasteiger partial charge in [-0.25, -0.2) is 5.32 Å². The van der Waals surface area contributed by atoms with E-state index in [0.29, 0.717) is 16.5 Å². The van der Waals surface area contributed by atoms with Crippen molar-refractivity contribution in [3.8, 4) is 0 Å². The lowest BCUT2D eigenvalue weighted by Gasteiger charge is -2.57. The van der Waals surface area contributed by atoms with Gasteiger partial charge in [-0.05, 0) is 0 Å². The summed E-state index contributed by atoms with van der Waals surface area (Å²) in [5.41, 5.74) is -0.0987. The van der Waals surface area contributed by atoms with E-state index in [9.17, 15) is 0 Å². The lowest BCUT2D eigenvalue weighted by molar-refractivity contribution is -0.0660. The molecule has 0 aromatic carbocycles. The Hall–Kier alpha value is 0.850. The molecule has 8 heteroatoms. The molecule has 0 saturated carbocycles. The first kappa shape index (κ1) is 18.2. The Labute approximate surface area is 158 Å². The zero-order chi connectivity index (χ0) is 16.2. The third-order valence-electron chi connectivity index (χ3n) is 5.32. The summed E-state index contributed by atoms with van der Waals surface area (Å²) in [6, 6.07) is 0.380. The van der Waals surface area contributed by atoms with Gasteiger partial charge < -0.3 is 14.8 Å². The molecule has 4 heterocycles. The lowest BCUT2D eigenvalue weighted by Crippen LogP contribution is -2.79. The molecule has 0 aromatic heterocycles. The van der Waals surface area contributed by atoms with E-state index >= 15 is 0 Å². The summed E-state index contributed by atoms with van der Waals surface area (Å²) in [6.07, 6.45) is 0. The Kier molecular flexibility index (Phi) is 6.60. The van der Waals surface area contributed by atoms with Gasteiger partial charge in [0.15, 0.2) is 0 Å². The van der Waals surface area contributed by atoms with Gasteiger partial charge in [0.25, 0.3) is 0 Å². The zero-order valence-electron chi connectivity index (χ0n) is 14.2. The molecule has 0 amide bonds. The molecule has 24 heavy (non-hydrogen) atoms. The maximum Gasteiger partial charge on any atom is 0.117 e. The summed E-state index contributed by atoms with van der Waals surface area (Å²) < 4.78 is 11.5. The predicted molar refractivity (Wildman–Crippen MR) is 105 cm³/mol. The number of hydrogen-bond acceptors (Lipinski definition) is 7. The minimum absolute atomic E-state index is 0.0987. The summed E-state index contributed by atoms with van der Waals surface area (Å²) in [5.74, 6) is 4.84. The molecule has 4 aliphatic heterocycles. The second kappa shape index (κ2) is 8.69. The maximum absolute atomic E-state index is 5.85. The van der Waals surface area contributed by atoms with E-state index in [4.69, 9.17) is 14.8 Å². The molecule has 4 saturated heterocycles. The number of rotatable bonds is 3. The molecule has 4 unspecified atom stereocenters. The normalized spacial score (nSPS) is 42.8. The quantitative estimate of drug-likeness (QED) is 0.756. The van der Waals surface area contributed by atoms with Gasteiger partial charge in [0.2, 0.25) is 0 Å². The molecule has 5 nitrogen and oxygen atoms in total. The number of morpholine rings is 1. The third kappa shape index (κ3) is 3.63. The fourth-order valence-corrected chi connectivity index (χ4v) is 8.52. The van der Waals surface area contributed by atoms with Crippen LogP contribution in [0.25, 0.3) is 0 Å². The minimum Gasteiger partial charge on any atom is -0.379 e. The number of nitrogens with one attached hydrogen (secondary N) is 1. The van der Waals surface area contributed by atoms with Crippen molar-refractivity contribution in [3.05, 3.63) is 0 Å². The molecule has 0 aliphatic carbocycles. The van der Waals surface area contributed by atoms with E-state index in [2.05, 4.69) is 45.5 Å². The van der Waals surface area contributed by atoms with Gasteiger partial charge >= 0.3 is 0 Å². The zero-order valence-corrected chi connectivity index (χ0v) is 16.6. The topological polar surface area (TPSA) is 47.8 Å². The van der Waals surface area contributed by atoms with Gasteiger partial charge in [0, 0.05) is 59.7 Å². The van der Waals surface area contributed by atoms with Crippen LogP contribution in [0.4, 0.5) is 0 Å². The fraction of sp³-hybridized carbons (Fsp3) is 1.00. The second-order valence-corrected chi connectivity index (χ2v) is 10.4. The Bertz CT molecular complexity index is 382. The average Bonchev–Trinajstić information content (AvgIpc) is 2.70. The number of hydrogen-bond donors (Lipinski definition) is 1. The highest BCUT2D eigenvalue weighted by molar-refractivity contribution is 8.06. The largest absolute Gasteiger partial charge is 0.379 e. The average molecular weight is 391 g/mol. The van der Waals surface area contributed by atoms with E-state index in [1.807, 2.05) is 0 Å². The van der Waals surface area contributed by atoms with Gasteiger partial charge in [0.05, 0.1) is 32.5 Å². The molecule has 1 N–H and O–H groups in total. The summed E-state index contributed by atoms with van der Waals surface area (Å²) in [5, 5.41) is 10.3. The number of nitrogens with zero attached hydrogens (tertiary/aromatic N) is 2. The van der Waals surface area contributed by atoms with Gasteiger partial charge in [-0.15, -0.1) is 0 Å². The van der Waals surface area contributed by atoms with Crippen molar-refractivity contribution in [2.24, 2.45) is 0 Å². The van der Waals surface area contributed by atoms with Gasteiger partial charge in [-0.1, -0.05) is 0 Å². The first-order chi connectivity index (χ1) is 11.9. The standard InChI is InChI=1S/C16H28N3O2S3/c1-2-18-16(14-12-22-9-10-24-14,19-3-5-20-6-4-19)15(17-1)13-11-21-7-8-23-13/h13-15,17H,1-12H2. The Morgan fingerprint density at radius 2 is 1.96 bits per heavy atom. The van der Waals surface area contributed by atoms with Crippen LogP contribution in [0.15, 0.2) is 0 Å². The number of piperazine rings is 1. The molecular formula is C16H28N3O2S3. The third-order valence-corrected chi connectivity index (χ3v) is 9.45. The van der Waals surface area contributed by atoms with Crippen molar-refractivity contribution in [2.75, 3.05) is 75.6 Å². The van der Waals surface area contributed by atoms with Crippen LogP contribution in [-0.2, 0) is 9.47 Å². The van der Waals surface area contributed by atoms with Crippen molar-refractivity contribution >= 4 is 35.3 Å². The maximum atomic E-state index is 5.85. The number of thioether (sulfide) groups is 3. The van der Waals surface area contributed by atoms with E-state index < -0.39 is 0 Å². The smallest absolute Gasteiger partial charge is 0.117 e. The van der Waals surface area contributed by atoms with Crippen LogP contribution < -0.4 is 10.6 Å². The molecular weight excluding hydrogens is 362 g/mol. The van der Waals surface area contributed by atoms with Crippen LogP contribution in [-0.4, -0.2) is 103 Å². The molecule has 0 bridgehead atoms. The molecule has 137 valence electrons. The molecule has 1 radical (unpaired) electrons. The first-order valence-electron chi connectivity index (χ1n) is 9.05. The Morgan fingerprint density at radius 3 is 2.71 bits per heavy atom. The summed E-state index contributed by atoms with van der Waals surface area (Å²) in [6.45, 7) is 7.35. The Morgan fingerprint density at radius 1 is 1.04 bits per heavy atom. The van der Waals surface area contributed by atoms with Crippen LogP contribution >= 0.6 is 35.3 Å². The van der Waals surface area contributed by atoms with Crippen LogP contribution in [0.2, 0.25) is 0 Å². The van der Waals surface area contributed by atoms with E-state index in [1.165, 1.54) is 17.3 Å². The highest BCUT2D eigenvalue weighted by Crippen LogP contribution is 2.41. The molecule has 4 rings (SSSR count). The SMILES string of the molecule is C1CNC(C2COCCS2)C(C2CSCCS2)(N2CCOCC2)[N]1. The van der Waals surface area contributed by atoms with Crippen molar-refractivity contribution in [3.63, 3.8) is 0 Å². The van der Waals surface area contributed by atoms with E-state index in [1.54, 1.807) is 0 Å². The van der Waals surface area contributed by atoms with Crippen molar-refractivity contribution < 1.29 is 9.47 Å². The highest BCUT2D eigenvalue weighted by Gasteiger charge is 2.55. The van der Waals surface area contributed by atoms with E-state index in [-0.39, 0.29) is 5.66 Å². The number of ether oxygens (including phenoxy) is 2. The van der Waals surface area contributed by atoms with Crippen LogP contribution in [0.5, 0.6) is 0 Å². The van der Waals surface area contributed by atoms with Crippen molar-refractivity contribution in [2.45, 2.75) is 22.2 Å². The predicted octanol–water partition coefficient (Wildman–Crippen LogP) is 0.572. The fourth-order valence-electron chi connectivity index (χ4n) is 4.26. The second-order valence-electron chi connectivity index (χ2n) is 6.61. The Balaban J connectivity index is 1.64. The van der Waals surface area contributed by atoms with Gasteiger partial charge in [-0.3, -0.25) is 4.90 Å². The first-order valence-corrected chi connectivity index (χ1v) is 12.3. The summed E-state index contributed by atoms with van der Waals surface area (Å²) >= 11 is 6.32. The molecule has 0 spiro atoms. The van der Waals surface area contributed by atoms with Gasteiger partial charge in [0.1, 0.15) is 5.66 Å². The van der Waals surface area contributed by atoms with Crippen LogP contribution in [0, 0.1) is 0 Å². The highest BCUT2D eigenvalue weighted by atomic mass is 32.2. The molecule has 4 fully saturated rings.